The summed E-state index contributed by atoms with van der Waals surface area (Å²) in [6.07, 6.45) is 0. The lowest BCUT2D eigenvalue weighted by atomic mass is 10.1. The fraction of sp³-hybridized carbons (Fsp3) is 0.200. The quantitative estimate of drug-likeness (QED) is 0.421. The lowest BCUT2D eigenvalue weighted by Crippen LogP contribution is -2.35. The Balaban J connectivity index is 1.32. The first-order valence-corrected chi connectivity index (χ1v) is 11.7. The molecule has 0 saturated heterocycles. The van der Waals surface area contributed by atoms with E-state index in [1.165, 1.54) is 11.3 Å². The number of carbonyl (C=O) groups is 2. The molecule has 0 atom stereocenters. The summed E-state index contributed by atoms with van der Waals surface area (Å²) in [7, 11) is 1.71. The van der Waals surface area contributed by atoms with Gasteiger partial charge in [-0.15, -0.1) is 11.3 Å². The molecule has 9 nitrogen and oxygen atoms in total. The highest BCUT2D eigenvalue weighted by Gasteiger charge is 2.23. The van der Waals surface area contributed by atoms with Crippen LogP contribution in [-0.4, -0.2) is 35.6 Å². The standard InChI is InChI=1S/C25H22N4O5S/c1-14-18(15(2)34-28-14)11-32-21-7-5-4-6-17(21)24(31)27-25-26-19(13-35-25)16-8-9-22-20(10-16)29(3)23(30)12-33-22/h4-10,13H,11-12H2,1-3H3,(H,26,27,31). The summed E-state index contributed by atoms with van der Waals surface area (Å²) in [5.74, 6) is 1.33. The number of anilines is 2. The molecule has 2 aromatic heterocycles. The second-order valence-electron chi connectivity index (χ2n) is 8.00. The van der Waals surface area contributed by atoms with Gasteiger partial charge in [0, 0.05) is 18.0 Å². The van der Waals surface area contributed by atoms with Gasteiger partial charge >= 0.3 is 0 Å². The van der Waals surface area contributed by atoms with Gasteiger partial charge in [0.05, 0.1) is 28.2 Å². The van der Waals surface area contributed by atoms with Gasteiger partial charge in [-0.2, -0.15) is 0 Å². The molecule has 5 rings (SSSR count). The van der Waals surface area contributed by atoms with Gasteiger partial charge in [0.1, 0.15) is 23.9 Å². The average molecular weight is 491 g/mol. The largest absolute Gasteiger partial charge is 0.488 e. The summed E-state index contributed by atoms with van der Waals surface area (Å²) in [6, 6.07) is 12.6. The normalized spacial score (nSPS) is 12.8. The molecular formula is C25H22N4O5S. The van der Waals surface area contributed by atoms with Crippen LogP contribution in [0.2, 0.25) is 0 Å². The van der Waals surface area contributed by atoms with Gasteiger partial charge in [-0.1, -0.05) is 17.3 Å². The van der Waals surface area contributed by atoms with E-state index in [9.17, 15) is 9.59 Å². The average Bonchev–Trinajstić information content (AvgIpc) is 3.46. The Bertz CT molecular complexity index is 1410. The second kappa shape index (κ2) is 9.22. The van der Waals surface area contributed by atoms with Crippen molar-refractivity contribution in [2.45, 2.75) is 20.5 Å². The van der Waals surface area contributed by atoms with Crippen LogP contribution >= 0.6 is 11.3 Å². The van der Waals surface area contributed by atoms with Crippen molar-refractivity contribution in [2.75, 3.05) is 23.9 Å². The molecule has 3 heterocycles. The van der Waals surface area contributed by atoms with Crippen molar-refractivity contribution < 1.29 is 23.6 Å². The maximum Gasteiger partial charge on any atom is 0.264 e. The number of amides is 2. The molecule has 1 aliphatic heterocycles. The van der Waals surface area contributed by atoms with Crippen LogP contribution in [0.4, 0.5) is 10.8 Å². The number of rotatable bonds is 6. The monoisotopic (exact) mass is 490 g/mol. The molecule has 178 valence electrons. The van der Waals surface area contributed by atoms with Gasteiger partial charge in [-0.25, -0.2) is 4.98 Å². The number of hydrogen-bond donors (Lipinski definition) is 1. The number of benzene rings is 2. The van der Waals surface area contributed by atoms with Crippen molar-refractivity contribution in [3.8, 4) is 22.8 Å². The van der Waals surface area contributed by atoms with Crippen LogP contribution in [0, 0.1) is 13.8 Å². The Hall–Kier alpha value is -4.18. The summed E-state index contributed by atoms with van der Waals surface area (Å²) in [6.45, 7) is 3.94. The number of aromatic nitrogens is 2. The molecule has 2 aromatic carbocycles. The second-order valence-corrected chi connectivity index (χ2v) is 8.86. The van der Waals surface area contributed by atoms with Crippen LogP contribution in [-0.2, 0) is 11.4 Å². The first kappa shape index (κ1) is 22.6. The highest BCUT2D eigenvalue weighted by Crippen LogP contribution is 2.36. The summed E-state index contributed by atoms with van der Waals surface area (Å²) in [5.41, 5.74) is 4.18. The number of ether oxygens (including phenoxy) is 2. The summed E-state index contributed by atoms with van der Waals surface area (Å²) in [5, 5.41) is 9.08. The molecule has 0 saturated carbocycles. The van der Waals surface area contributed by atoms with Crippen molar-refractivity contribution in [3.63, 3.8) is 0 Å². The molecular weight excluding hydrogens is 468 g/mol. The molecule has 0 spiro atoms. The molecule has 2 amide bonds. The predicted octanol–water partition coefficient (Wildman–Crippen LogP) is 4.60. The van der Waals surface area contributed by atoms with Crippen LogP contribution in [0.1, 0.15) is 27.4 Å². The molecule has 0 aliphatic carbocycles. The minimum Gasteiger partial charge on any atom is -0.488 e. The molecule has 0 radical (unpaired) electrons. The first-order chi connectivity index (χ1) is 16.9. The van der Waals surface area contributed by atoms with Crippen LogP contribution in [0.5, 0.6) is 11.5 Å². The number of nitrogens with zero attached hydrogens (tertiary/aromatic N) is 3. The number of nitrogens with one attached hydrogen (secondary N) is 1. The molecule has 0 unspecified atom stereocenters. The molecule has 4 aromatic rings. The van der Waals surface area contributed by atoms with Crippen LogP contribution in [0.15, 0.2) is 52.4 Å². The zero-order valence-electron chi connectivity index (χ0n) is 19.3. The number of thiazole rings is 1. The van der Waals surface area contributed by atoms with Crippen molar-refractivity contribution in [1.29, 1.82) is 0 Å². The molecule has 35 heavy (non-hydrogen) atoms. The lowest BCUT2D eigenvalue weighted by Gasteiger charge is -2.26. The first-order valence-electron chi connectivity index (χ1n) is 10.8. The van der Waals surface area contributed by atoms with Gasteiger partial charge in [-0.05, 0) is 44.2 Å². The van der Waals surface area contributed by atoms with Crippen molar-refractivity contribution >= 4 is 34.0 Å². The maximum atomic E-state index is 13.0. The fourth-order valence-corrected chi connectivity index (χ4v) is 4.41. The Morgan fingerprint density at radius 3 is 2.86 bits per heavy atom. The van der Waals surface area contributed by atoms with E-state index in [1.807, 2.05) is 43.5 Å². The zero-order valence-corrected chi connectivity index (χ0v) is 20.1. The molecule has 10 heteroatoms. The predicted molar refractivity (Wildman–Crippen MR) is 131 cm³/mol. The zero-order chi connectivity index (χ0) is 24.5. The van der Waals surface area contributed by atoms with Gasteiger partial charge in [-0.3, -0.25) is 14.9 Å². The topological polar surface area (TPSA) is 107 Å². The summed E-state index contributed by atoms with van der Waals surface area (Å²) < 4.78 is 16.6. The number of likely N-dealkylation sites (N-methyl/N-ethyl adjacent to an activating group) is 1. The van der Waals surface area contributed by atoms with Gasteiger partial charge in [0.15, 0.2) is 11.7 Å². The van der Waals surface area contributed by atoms with E-state index in [-0.39, 0.29) is 25.0 Å². The summed E-state index contributed by atoms with van der Waals surface area (Å²) >= 11 is 1.31. The van der Waals surface area contributed by atoms with Crippen LogP contribution in [0.3, 0.4) is 0 Å². The van der Waals surface area contributed by atoms with Gasteiger partial charge < -0.3 is 18.9 Å². The molecule has 0 fully saturated rings. The van der Waals surface area contributed by atoms with Crippen LogP contribution in [0.25, 0.3) is 11.3 Å². The van der Waals surface area contributed by atoms with Gasteiger partial charge in [0.2, 0.25) is 0 Å². The molecule has 1 N–H and O–H groups in total. The fourth-order valence-electron chi connectivity index (χ4n) is 3.70. The third-order valence-electron chi connectivity index (χ3n) is 5.75. The van der Waals surface area contributed by atoms with Crippen molar-refractivity contribution in [2.24, 2.45) is 0 Å². The van der Waals surface area contributed by atoms with E-state index in [0.29, 0.717) is 39.3 Å². The number of hydrogen-bond acceptors (Lipinski definition) is 8. The van der Waals surface area contributed by atoms with Crippen molar-refractivity contribution in [3.05, 3.63) is 70.4 Å². The SMILES string of the molecule is Cc1noc(C)c1COc1ccccc1C(=O)Nc1nc(-c2ccc3c(c2)N(C)C(=O)CO3)cs1. The van der Waals surface area contributed by atoms with E-state index >= 15 is 0 Å². The van der Waals surface area contributed by atoms with E-state index in [0.717, 1.165) is 16.8 Å². The number of carbonyl (C=O) groups excluding carboxylic acids is 2. The Morgan fingerprint density at radius 2 is 2.06 bits per heavy atom. The minimum absolute atomic E-state index is 0.0269. The maximum absolute atomic E-state index is 13.0. The van der Waals surface area contributed by atoms with Crippen molar-refractivity contribution in [1.82, 2.24) is 10.1 Å². The minimum atomic E-state index is -0.329. The Labute approximate surface area is 205 Å². The lowest BCUT2D eigenvalue weighted by molar-refractivity contribution is -0.120. The van der Waals surface area contributed by atoms with Crippen LogP contribution < -0.4 is 19.7 Å². The number of fused-ring (bicyclic) bond motifs is 1. The Kier molecular flexibility index (Phi) is 5.96. The molecule has 1 aliphatic rings. The number of aryl methyl sites for hydroxylation is 2. The van der Waals surface area contributed by atoms with Gasteiger partial charge in [0.25, 0.3) is 11.8 Å². The molecule has 0 bridgehead atoms. The third kappa shape index (κ3) is 4.47. The van der Waals surface area contributed by atoms with E-state index < -0.39 is 0 Å². The highest BCUT2D eigenvalue weighted by molar-refractivity contribution is 7.14. The smallest absolute Gasteiger partial charge is 0.264 e. The van der Waals surface area contributed by atoms with E-state index in [1.54, 1.807) is 30.1 Å². The Morgan fingerprint density at radius 1 is 1.23 bits per heavy atom. The van der Waals surface area contributed by atoms with E-state index in [2.05, 4.69) is 15.5 Å². The van der Waals surface area contributed by atoms with E-state index in [4.69, 9.17) is 14.0 Å². The summed E-state index contributed by atoms with van der Waals surface area (Å²) in [4.78, 5) is 31.1. The number of para-hydroxylation sites is 1. The highest BCUT2D eigenvalue weighted by atomic mass is 32.1. The third-order valence-corrected chi connectivity index (χ3v) is 6.51.